The summed E-state index contributed by atoms with van der Waals surface area (Å²) in [5.41, 5.74) is 2.45. The van der Waals surface area contributed by atoms with Crippen molar-refractivity contribution in [3.8, 4) is 0 Å². The molecule has 0 fully saturated rings. The summed E-state index contributed by atoms with van der Waals surface area (Å²) >= 11 is 5.94. The van der Waals surface area contributed by atoms with Gasteiger partial charge in [0, 0.05) is 44.1 Å². The fourth-order valence-corrected chi connectivity index (χ4v) is 3.59. The third-order valence-electron chi connectivity index (χ3n) is 4.61. The first-order valence-corrected chi connectivity index (χ1v) is 8.76. The van der Waals surface area contributed by atoms with E-state index in [-0.39, 0.29) is 5.82 Å². The smallest absolute Gasteiger partial charge is 0.155 e. The number of aliphatic hydroxyl groups excluding tert-OH is 1. The highest BCUT2D eigenvalue weighted by Crippen LogP contribution is 2.24. The molecule has 0 amide bonds. The van der Waals surface area contributed by atoms with Crippen LogP contribution >= 0.6 is 11.6 Å². The molecule has 0 saturated carbocycles. The Morgan fingerprint density at radius 2 is 2.12 bits per heavy atom. The van der Waals surface area contributed by atoms with Crippen LogP contribution in [0.4, 0.5) is 4.39 Å². The summed E-state index contributed by atoms with van der Waals surface area (Å²) in [5, 5.41) is 15.5. The van der Waals surface area contributed by atoms with Gasteiger partial charge in [0.25, 0.3) is 0 Å². The zero-order valence-corrected chi connectivity index (χ0v) is 15.1. The molecule has 1 aliphatic rings. The van der Waals surface area contributed by atoms with Crippen LogP contribution in [0.1, 0.15) is 28.9 Å². The van der Waals surface area contributed by atoms with Crippen molar-refractivity contribution in [1.29, 1.82) is 0 Å². The van der Waals surface area contributed by atoms with E-state index in [1.807, 2.05) is 17.8 Å². The Morgan fingerprint density at radius 1 is 1.27 bits per heavy atom. The quantitative estimate of drug-likeness (QED) is 0.761. The minimum atomic E-state index is -0.858. The molecule has 1 N–H and O–H groups in total. The number of fused-ring (bicyclic) bond motifs is 1. The summed E-state index contributed by atoms with van der Waals surface area (Å²) in [7, 11) is 1.84. The van der Waals surface area contributed by atoms with Crippen molar-refractivity contribution in [3.63, 3.8) is 0 Å². The number of imidazole rings is 1. The Balaban J connectivity index is 1.50. The van der Waals surface area contributed by atoms with Gasteiger partial charge >= 0.3 is 0 Å². The summed E-state index contributed by atoms with van der Waals surface area (Å²) in [6.45, 7) is 2.79. The van der Waals surface area contributed by atoms with E-state index in [1.165, 1.54) is 12.1 Å². The van der Waals surface area contributed by atoms with Gasteiger partial charge in [-0.3, -0.25) is 9.58 Å². The number of hydrogen-bond acceptors (Lipinski definition) is 4. The lowest BCUT2D eigenvalue weighted by Crippen LogP contribution is -2.33. The number of hydrogen-bond donors (Lipinski definition) is 1. The standard InChI is InChI=1S/C18H19ClFN5O/c1-23-3-2-21-18(23)17(26)16-9-15-11-24(4-5-25(15)22-16)10-12-6-13(19)8-14(20)7-12/h2-3,6-9,17,26H,4-5,10-11H2,1H3. The molecule has 8 heteroatoms. The molecular weight excluding hydrogens is 357 g/mol. The number of aliphatic hydroxyl groups is 1. The highest BCUT2D eigenvalue weighted by molar-refractivity contribution is 6.30. The van der Waals surface area contributed by atoms with Crippen molar-refractivity contribution in [2.45, 2.75) is 25.7 Å². The molecule has 26 heavy (non-hydrogen) atoms. The normalized spacial score (nSPS) is 15.8. The van der Waals surface area contributed by atoms with Crippen molar-refractivity contribution in [3.05, 3.63) is 70.3 Å². The lowest BCUT2D eigenvalue weighted by Gasteiger charge is -2.27. The van der Waals surface area contributed by atoms with Crippen LogP contribution in [0, 0.1) is 5.82 Å². The molecule has 3 aromatic rings. The summed E-state index contributed by atoms with van der Waals surface area (Å²) in [4.78, 5) is 6.40. The molecule has 136 valence electrons. The SMILES string of the molecule is Cn1ccnc1C(O)c1cc2n(n1)CCN(Cc1cc(F)cc(Cl)c1)C2. The maximum atomic E-state index is 13.5. The van der Waals surface area contributed by atoms with Crippen molar-refractivity contribution in [2.24, 2.45) is 7.05 Å². The first-order valence-electron chi connectivity index (χ1n) is 8.39. The summed E-state index contributed by atoms with van der Waals surface area (Å²) in [5.74, 6) is 0.238. The Kier molecular flexibility index (Phi) is 4.52. The molecule has 1 aliphatic heterocycles. The first kappa shape index (κ1) is 17.2. The van der Waals surface area contributed by atoms with Crippen LogP contribution in [0.25, 0.3) is 0 Å². The molecule has 1 aromatic carbocycles. The third kappa shape index (κ3) is 3.38. The van der Waals surface area contributed by atoms with Crippen LogP contribution in [-0.2, 0) is 26.7 Å². The van der Waals surface area contributed by atoms with Crippen LogP contribution in [0.2, 0.25) is 5.02 Å². The molecule has 4 rings (SSSR count). The molecule has 1 atom stereocenters. The van der Waals surface area contributed by atoms with Crippen molar-refractivity contribution in [2.75, 3.05) is 6.54 Å². The molecule has 0 aliphatic carbocycles. The molecular formula is C18H19ClFN5O. The van der Waals surface area contributed by atoms with E-state index >= 15 is 0 Å². The summed E-state index contributed by atoms with van der Waals surface area (Å²) < 4.78 is 17.2. The Bertz CT molecular complexity index is 917. The van der Waals surface area contributed by atoms with Gasteiger partial charge in [0.15, 0.2) is 6.10 Å². The van der Waals surface area contributed by atoms with Gasteiger partial charge < -0.3 is 9.67 Å². The lowest BCUT2D eigenvalue weighted by molar-refractivity contribution is 0.194. The van der Waals surface area contributed by atoms with E-state index in [1.54, 1.807) is 23.0 Å². The van der Waals surface area contributed by atoms with E-state index in [0.717, 1.165) is 17.8 Å². The maximum absolute atomic E-state index is 13.5. The molecule has 0 saturated heterocycles. The Hall–Kier alpha value is -2.22. The maximum Gasteiger partial charge on any atom is 0.155 e. The van der Waals surface area contributed by atoms with E-state index < -0.39 is 6.10 Å². The molecule has 0 spiro atoms. The molecule has 6 nitrogen and oxygen atoms in total. The highest BCUT2D eigenvalue weighted by Gasteiger charge is 2.23. The van der Waals surface area contributed by atoms with E-state index in [9.17, 15) is 9.50 Å². The summed E-state index contributed by atoms with van der Waals surface area (Å²) in [6, 6.07) is 6.51. The number of halogens is 2. The molecule has 1 unspecified atom stereocenters. The van der Waals surface area contributed by atoms with E-state index in [0.29, 0.717) is 36.2 Å². The number of aromatic nitrogens is 4. The van der Waals surface area contributed by atoms with E-state index in [2.05, 4.69) is 15.0 Å². The van der Waals surface area contributed by atoms with Crippen molar-refractivity contribution in [1.82, 2.24) is 24.2 Å². The second kappa shape index (κ2) is 6.83. The van der Waals surface area contributed by atoms with Gasteiger partial charge in [0.1, 0.15) is 11.6 Å². The van der Waals surface area contributed by atoms with Gasteiger partial charge in [-0.1, -0.05) is 11.6 Å². The van der Waals surface area contributed by atoms with Crippen LogP contribution in [-0.4, -0.2) is 35.9 Å². The largest absolute Gasteiger partial charge is 0.379 e. The second-order valence-electron chi connectivity index (χ2n) is 6.57. The Morgan fingerprint density at radius 3 is 2.85 bits per heavy atom. The fourth-order valence-electron chi connectivity index (χ4n) is 3.34. The average Bonchev–Trinajstić information content (AvgIpc) is 3.19. The van der Waals surface area contributed by atoms with Crippen LogP contribution in [0.15, 0.2) is 36.7 Å². The number of rotatable bonds is 4. The number of aryl methyl sites for hydroxylation is 1. The fraction of sp³-hybridized carbons (Fsp3) is 0.333. The predicted octanol–water partition coefficient (Wildman–Crippen LogP) is 2.51. The average molecular weight is 376 g/mol. The van der Waals surface area contributed by atoms with Gasteiger partial charge in [-0.2, -0.15) is 5.10 Å². The highest BCUT2D eigenvalue weighted by atomic mass is 35.5. The summed E-state index contributed by atoms with van der Waals surface area (Å²) in [6.07, 6.45) is 2.59. The second-order valence-corrected chi connectivity index (χ2v) is 7.01. The van der Waals surface area contributed by atoms with Crippen LogP contribution < -0.4 is 0 Å². The van der Waals surface area contributed by atoms with Gasteiger partial charge in [0.05, 0.1) is 17.9 Å². The van der Waals surface area contributed by atoms with Crippen molar-refractivity contribution < 1.29 is 9.50 Å². The molecule has 3 heterocycles. The minimum Gasteiger partial charge on any atom is -0.379 e. The van der Waals surface area contributed by atoms with Crippen LogP contribution in [0.3, 0.4) is 0 Å². The van der Waals surface area contributed by atoms with Crippen molar-refractivity contribution >= 4 is 11.6 Å². The Labute approximate surface area is 155 Å². The monoisotopic (exact) mass is 375 g/mol. The van der Waals surface area contributed by atoms with Gasteiger partial charge in [-0.25, -0.2) is 9.37 Å². The molecule has 0 bridgehead atoms. The lowest BCUT2D eigenvalue weighted by atomic mass is 10.1. The predicted molar refractivity (Wildman–Crippen MR) is 95.0 cm³/mol. The topological polar surface area (TPSA) is 59.1 Å². The minimum absolute atomic E-state index is 0.324. The van der Waals surface area contributed by atoms with E-state index in [4.69, 9.17) is 11.6 Å². The van der Waals surface area contributed by atoms with Crippen LogP contribution in [0.5, 0.6) is 0 Å². The van der Waals surface area contributed by atoms with Gasteiger partial charge in [-0.05, 0) is 29.8 Å². The molecule has 0 radical (unpaired) electrons. The zero-order chi connectivity index (χ0) is 18.3. The first-order chi connectivity index (χ1) is 12.5. The molecule has 2 aromatic heterocycles. The number of nitrogens with zero attached hydrogens (tertiary/aromatic N) is 5. The zero-order valence-electron chi connectivity index (χ0n) is 14.3. The van der Waals surface area contributed by atoms with Gasteiger partial charge in [0.2, 0.25) is 0 Å². The third-order valence-corrected chi connectivity index (χ3v) is 4.83. The number of benzene rings is 1. The van der Waals surface area contributed by atoms with Gasteiger partial charge in [-0.15, -0.1) is 0 Å².